The van der Waals surface area contributed by atoms with Crippen LogP contribution in [-0.2, 0) is 11.3 Å². The predicted octanol–water partition coefficient (Wildman–Crippen LogP) is 2.12. The average molecular weight is 309 g/mol. The molecule has 0 aromatic carbocycles. The van der Waals surface area contributed by atoms with Gasteiger partial charge in [-0.2, -0.15) is 5.10 Å². The largest absolute Gasteiger partial charge is 0.444 e. The van der Waals surface area contributed by atoms with Crippen LogP contribution in [-0.4, -0.2) is 34.0 Å². The van der Waals surface area contributed by atoms with Gasteiger partial charge >= 0.3 is 6.09 Å². The zero-order valence-corrected chi connectivity index (χ0v) is 13.6. The fourth-order valence-electron chi connectivity index (χ4n) is 2.63. The van der Waals surface area contributed by atoms with Crippen molar-refractivity contribution in [2.24, 2.45) is 5.73 Å². The molecule has 0 saturated heterocycles. The third-order valence-electron chi connectivity index (χ3n) is 3.64. The fourth-order valence-corrected chi connectivity index (χ4v) is 2.63. The van der Waals surface area contributed by atoms with Gasteiger partial charge in [0, 0.05) is 24.2 Å². The van der Waals surface area contributed by atoms with Crippen LogP contribution in [0.15, 0.2) is 6.20 Å². The first-order valence-electron chi connectivity index (χ1n) is 7.84. The molecule has 2 unspecified atom stereocenters. The maximum absolute atomic E-state index is 11.8. The molecule has 0 bridgehead atoms. The van der Waals surface area contributed by atoms with E-state index in [0.717, 1.165) is 31.2 Å². The summed E-state index contributed by atoms with van der Waals surface area (Å²) in [5.41, 5.74) is 6.38. The highest BCUT2D eigenvalue weighted by atomic mass is 16.6. The molecule has 0 spiro atoms. The van der Waals surface area contributed by atoms with Crippen LogP contribution in [0.3, 0.4) is 0 Å². The Morgan fingerprint density at radius 3 is 2.95 bits per heavy atom. The molecule has 7 nitrogen and oxygen atoms in total. The van der Waals surface area contributed by atoms with Crippen molar-refractivity contribution in [3.05, 3.63) is 11.8 Å². The molecule has 1 fully saturated rings. The molecule has 1 saturated carbocycles. The summed E-state index contributed by atoms with van der Waals surface area (Å²) in [4.78, 5) is 11.8. The van der Waals surface area contributed by atoms with Gasteiger partial charge < -0.3 is 15.8 Å². The van der Waals surface area contributed by atoms with Gasteiger partial charge in [0.2, 0.25) is 0 Å². The van der Waals surface area contributed by atoms with Gasteiger partial charge in [0.15, 0.2) is 0 Å². The normalized spacial score (nSPS) is 22.4. The number of nitrogens with zero attached hydrogens (tertiary/aromatic N) is 1. The number of amides is 1. The van der Waals surface area contributed by atoms with Crippen LogP contribution in [0.5, 0.6) is 0 Å². The average Bonchev–Trinajstić information content (AvgIpc) is 2.81. The lowest BCUT2D eigenvalue weighted by Gasteiger charge is -2.27. The maximum atomic E-state index is 11.8. The summed E-state index contributed by atoms with van der Waals surface area (Å²) in [6.07, 6.45) is 5.62. The summed E-state index contributed by atoms with van der Waals surface area (Å²) in [5, 5.41) is 13.0. The number of carbonyl (C=O) groups is 1. The van der Waals surface area contributed by atoms with Gasteiger partial charge in [-0.05, 0) is 40.0 Å². The van der Waals surface area contributed by atoms with E-state index in [2.05, 4.69) is 20.8 Å². The molecule has 5 N–H and O–H groups in total. The van der Waals surface area contributed by atoms with E-state index in [9.17, 15) is 4.79 Å². The molecule has 124 valence electrons. The smallest absolute Gasteiger partial charge is 0.413 e. The molecule has 7 heteroatoms. The van der Waals surface area contributed by atoms with E-state index in [4.69, 9.17) is 10.5 Å². The minimum atomic E-state index is -0.527. The standard InChI is InChI=1S/C15H27N5O2/c1-15(2,3)22-14(21)19-13-10(9-18-20-13)8-17-12-6-4-5-11(16)7-12/h9,11-12,17H,4-8,16H2,1-3H3,(H2,18,19,20,21). The van der Waals surface area contributed by atoms with E-state index in [1.54, 1.807) is 6.20 Å². The van der Waals surface area contributed by atoms with Crippen molar-refractivity contribution >= 4 is 11.9 Å². The molecule has 1 aromatic heterocycles. The lowest BCUT2D eigenvalue weighted by atomic mass is 9.91. The molecular weight excluding hydrogens is 282 g/mol. The van der Waals surface area contributed by atoms with E-state index >= 15 is 0 Å². The topological polar surface area (TPSA) is 105 Å². The van der Waals surface area contributed by atoms with Crippen LogP contribution in [0.25, 0.3) is 0 Å². The quantitative estimate of drug-likeness (QED) is 0.682. The Kier molecular flexibility index (Phi) is 5.42. The SMILES string of the molecule is CC(C)(C)OC(=O)Nc1[nH]ncc1CNC1CCCC(N)C1. The molecule has 0 radical (unpaired) electrons. The fraction of sp³-hybridized carbons (Fsp3) is 0.733. The Hall–Kier alpha value is -1.60. The lowest BCUT2D eigenvalue weighted by Crippen LogP contribution is -2.39. The van der Waals surface area contributed by atoms with Crippen molar-refractivity contribution in [1.29, 1.82) is 0 Å². The number of anilines is 1. The second-order valence-electron chi connectivity index (χ2n) is 6.90. The van der Waals surface area contributed by atoms with E-state index in [-0.39, 0.29) is 6.04 Å². The first kappa shape index (κ1) is 16.8. The highest BCUT2D eigenvalue weighted by Crippen LogP contribution is 2.19. The van der Waals surface area contributed by atoms with Crippen molar-refractivity contribution in [3.63, 3.8) is 0 Å². The van der Waals surface area contributed by atoms with Crippen molar-refractivity contribution in [2.75, 3.05) is 5.32 Å². The molecule has 1 aromatic rings. The number of aromatic nitrogens is 2. The van der Waals surface area contributed by atoms with E-state index in [1.165, 1.54) is 0 Å². The predicted molar refractivity (Wildman–Crippen MR) is 85.5 cm³/mol. The van der Waals surface area contributed by atoms with Crippen molar-refractivity contribution in [1.82, 2.24) is 15.5 Å². The van der Waals surface area contributed by atoms with Gasteiger partial charge in [-0.15, -0.1) is 0 Å². The lowest BCUT2D eigenvalue weighted by molar-refractivity contribution is 0.0635. The van der Waals surface area contributed by atoms with Gasteiger partial charge in [0.1, 0.15) is 11.4 Å². The molecule has 2 rings (SSSR count). The van der Waals surface area contributed by atoms with Crippen molar-refractivity contribution in [3.8, 4) is 0 Å². The number of nitrogens with one attached hydrogen (secondary N) is 3. The number of nitrogens with two attached hydrogens (primary N) is 1. The molecule has 1 amide bonds. The van der Waals surface area contributed by atoms with Gasteiger partial charge in [-0.25, -0.2) is 4.79 Å². The third kappa shape index (κ3) is 5.31. The van der Waals surface area contributed by atoms with Crippen LogP contribution in [0, 0.1) is 0 Å². The molecule has 0 aliphatic heterocycles. The summed E-state index contributed by atoms with van der Waals surface area (Å²) >= 11 is 0. The molecule has 22 heavy (non-hydrogen) atoms. The van der Waals surface area contributed by atoms with E-state index in [0.29, 0.717) is 18.4 Å². The molecule has 1 aliphatic carbocycles. The van der Waals surface area contributed by atoms with Gasteiger partial charge in [0.25, 0.3) is 0 Å². The number of hydrogen-bond donors (Lipinski definition) is 4. The number of carbonyl (C=O) groups excluding carboxylic acids is 1. The molecule has 1 heterocycles. The molecule has 1 aliphatic rings. The monoisotopic (exact) mass is 309 g/mol. The highest BCUT2D eigenvalue weighted by Gasteiger charge is 2.20. The summed E-state index contributed by atoms with van der Waals surface area (Å²) < 4.78 is 5.24. The summed E-state index contributed by atoms with van der Waals surface area (Å²) in [7, 11) is 0. The first-order chi connectivity index (χ1) is 10.3. The number of ether oxygens (including phenoxy) is 1. The van der Waals surface area contributed by atoms with Crippen LogP contribution in [0.4, 0.5) is 10.6 Å². The van der Waals surface area contributed by atoms with E-state index in [1.807, 2.05) is 20.8 Å². The van der Waals surface area contributed by atoms with Crippen LogP contribution in [0.1, 0.15) is 52.0 Å². The zero-order chi connectivity index (χ0) is 16.2. The Labute approximate surface area is 131 Å². The Morgan fingerprint density at radius 1 is 1.50 bits per heavy atom. The Morgan fingerprint density at radius 2 is 2.27 bits per heavy atom. The van der Waals surface area contributed by atoms with E-state index < -0.39 is 11.7 Å². The number of H-pyrrole nitrogens is 1. The highest BCUT2D eigenvalue weighted by molar-refractivity contribution is 5.84. The minimum Gasteiger partial charge on any atom is -0.444 e. The van der Waals surface area contributed by atoms with Crippen molar-refractivity contribution in [2.45, 2.75) is 70.7 Å². The second kappa shape index (κ2) is 7.11. The first-order valence-corrected chi connectivity index (χ1v) is 7.84. The molecular formula is C15H27N5O2. The zero-order valence-electron chi connectivity index (χ0n) is 13.6. The maximum Gasteiger partial charge on any atom is 0.413 e. The van der Waals surface area contributed by atoms with Gasteiger partial charge in [-0.3, -0.25) is 10.4 Å². The number of rotatable bonds is 4. The van der Waals surface area contributed by atoms with Crippen molar-refractivity contribution < 1.29 is 9.53 Å². The van der Waals surface area contributed by atoms with Crippen LogP contribution >= 0.6 is 0 Å². The summed E-state index contributed by atoms with van der Waals surface area (Å²) in [6, 6.07) is 0.711. The summed E-state index contributed by atoms with van der Waals surface area (Å²) in [5.74, 6) is 0.571. The Bertz CT molecular complexity index is 494. The number of hydrogen-bond acceptors (Lipinski definition) is 5. The van der Waals surface area contributed by atoms with Gasteiger partial charge in [0.05, 0.1) is 6.20 Å². The summed E-state index contributed by atoms with van der Waals surface area (Å²) in [6.45, 7) is 6.12. The second-order valence-corrected chi connectivity index (χ2v) is 6.90. The van der Waals surface area contributed by atoms with Gasteiger partial charge in [-0.1, -0.05) is 6.42 Å². The van der Waals surface area contributed by atoms with Crippen LogP contribution < -0.4 is 16.4 Å². The minimum absolute atomic E-state index is 0.287. The van der Waals surface area contributed by atoms with Crippen LogP contribution in [0.2, 0.25) is 0 Å². The third-order valence-corrected chi connectivity index (χ3v) is 3.64. The Balaban J connectivity index is 1.85. The molecule has 2 atom stereocenters. The number of aromatic amines is 1.